The van der Waals surface area contributed by atoms with Crippen molar-refractivity contribution in [3.05, 3.63) is 23.8 Å². The van der Waals surface area contributed by atoms with Gasteiger partial charge in [-0.25, -0.2) is 0 Å². The summed E-state index contributed by atoms with van der Waals surface area (Å²) < 4.78 is 0. The first-order valence-corrected chi connectivity index (χ1v) is 5.08. The van der Waals surface area contributed by atoms with Crippen molar-refractivity contribution >= 4 is 5.69 Å². The smallest absolute Gasteiger partial charge is 0.118 e. The van der Waals surface area contributed by atoms with Crippen LogP contribution < -0.4 is 10.6 Å². The second-order valence-corrected chi connectivity index (χ2v) is 4.87. The normalized spacial score (nSPS) is 11.5. The van der Waals surface area contributed by atoms with Crippen LogP contribution >= 0.6 is 0 Å². The van der Waals surface area contributed by atoms with Crippen molar-refractivity contribution in [1.29, 1.82) is 0 Å². The summed E-state index contributed by atoms with van der Waals surface area (Å²) in [5, 5.41) is 9.71. The second-order valence-electron chi connectivity index (χ2n) is 4.87. The van der Waals surface area contributed by atoms with Gasteiger partial charge in [0.05, 0.1) is 0 Å². The molecule has 0 saturated heterocycles. The third-order valence-electron chi connectivity index (χ3n) is 2.23. The average Bonchev–Trinajstić information content (AvgIpc) is 2.06. The van der Waals surface area contributed by atoms with Crippen molar-refractivity contribution in [2.24, 2.45) is 5.73 Å². The van der Waals surface area contributed by atoms with Crippen LogP contribution in [0.5, 0.6) is 5.75 Å². The highest BCUT2D eigenvalue weighted by Crippen LogP contribution is 2.25. The summed E-state index contributed by atoms with van der Waals surface area (Å²) in [6.07, 6.45) is 0.667. The van der Waals surface area contributed by atoms with Gasteiger partial charge in [0.2, 0.25) is 0 Å². The molecule has 0 unspecified atom stereocenters. The Labute approximate surface area is 91.5 Å². The van der Waals surface area contributed by atoms with E-state index < -0.39 is 0 Å². The van der Waals surface area contributed by atoms with Crippen molar-refractivity contribution in [2.45, 2.75) is 25.8 Å². The van der Waals surface area contributed by atoms with Crippen LogP contribution in [0.25, 0.3) is 0 Å². The third kappa shape index (κ3) is 3.44. The lowest BCUT2D eigenvalue weighted by molar-refractivity contribution is 0.450. The lowest BCUT2D eigenvalue weighted by Gasteiger charge is -2.21. The summed E-state index contributed by atoms with van der Waals surface area (Å²) in [6.45, 7) is 3.91. The molecular weight excluding hydrogens is 188 g/mol. The summed E-state index contributed by atoms with van der Waals surface area (Å²) in [6, 6.07) is 5.59. The number of phenols is 1. The maximum absolute atomic E-state index is 9.71. The van der Waals surface area contributed by atoms with E-state index in [1.807, 2.05) is 45.0 Å². The first-order chi connectivity index (χ1) is 6.79. The monoisotopic (exact) mass is 208 g/mol. The van der Waals surface area contributed by atoms with E-state index >= 15 is 0 Å². The summed E-state index contributed by atoms with van der Waals surface area (Å²) >= 11 is 0. The molecular formula is C12H20N2O. The quantitative estimate of drug-likeness (QED) is 0.795. The van der Waals surface area contributed by atoms with Gasteiger partial charge in [0, 0.05) is 25.3 Å². The molecule has 1 aromatic rings. The van der Waals surface area contributed by atoms with E-state index in [2.05, 4.69) is 0 Å². The number of hydrogen-bond acceptors (Lipinski definition) is 3. The van der Waals surface area contributed by atoms with E-state index in [1.54, 1.807) is 6.07 Å². The molecule has 1 rings (SSSR count). The van der Waals surface area contributed by atoms with E-state index in [-0.39, 0.29) is 5.54 Å². The molecule has 0 spiro atoms. The number of hydrogen-bond donors (Lipinski definition) is 2. The van der Waals surface area contributed by atoms with Crippen LogP contribution in [0.1, 0.15) is 19.4 Å². The molecule has 0 amide bonds. The molecule has 0 aliphatic rings. The standard InChI is InChI=1S/C12H20N2O/c1-12(2,13)8-9-7-10(14(3)4)5-6-11(9)15/h5-7,15H,8,13H2,1-4H3. The van der Waals surface area contributed by atoms with Gasteiger partial charge in [-0.2, -0.15) is 0 Å². The summed E-state index contributed by atoms with van der Waals surface area (Å²) in [5.74, 6) is 0.319. The largest absolute Gasteiger partial charge is 0.508 e. The Bertz CT molecular complexity index is 340. The Morgan fingerprint density at radius 1 is 1.33 bits per heavy atom. The molecule has 0 atom stereocenters. The minimum atomic E-state index is -0.303. The van der Waals surface area contributed by atoms with Crippen LogP contribution in [0, 0.1) is 0 Å². The van der Waals surface area contributed by atoms with E-state index in [1.165, 1.54) is 0 Å². The predicted molar refractivity (Wildman–Crippen MR) is 64.4 cm³/mol. The number of rotatable bonds is 3. The Hall–Kier alpha value is -1.22. The molecule has 3 N–H and O–H groups in total. The number of phenolic OH excluding ortho intramolecular Hbond substituents is 1. The van der Waals surface area contributed by atoms with Crippen molar-refractivity contribution in [2.75, 3.05) is 19.0 Å². The summed E-state index contributed by atoms with van der Waals surface area (Å²) in [7, 11) is 3.95. The fourth-order valence-corrected chi connectivity index (χ4v) is 1.48. The van der Waals surface area contributed by atoms with Crippen LogP contribution in [0.15, 0.2) is 18.2 Å². The van der Waals surface area contributed by atoms with Crippen molar-refractivity contribution in [1.82, 2.24) is 0 Å². The molecule has 3 nitrogen and oxygen atoms in total. The minimum absolute atomic E-state index is 0.303. The van der Waals surface area contributed by atoms with Gasteiger partial charge in [0.15, 0.2) is 0 Å². The van der Waals surface area contributed by atoms with Crippen LogP contribution in [-0.2, 0) is 6.42 Å². The molecule has 15 heavy (non-hydrogen) atoms. The van der Waals surface area contributed by atoms with E-state index in [9.17, 15) is 5.11 Å². The summed E-state index contributed by atoms with van der Waals surface area (Å²) in [4.78, 5) is 2.01. The number of anilines is 1. The molecule has 0 heterocycles. The highest BCUT2D eigenvalue weighted by Gasteiger charge is 2.15. The molecule has 3 heteroatoms. The first-order valence-electron chi connectivity index (χ1n) is 5.08. The van der Waals surface area contributed by atoms with Gasteiger partial charge < -0.3 is 15.7 Å². The first kappa shape index (κ1) is 11.9. The summed E-state index contributed by atoms with van der Waals surface area (Å²) in [5.41, 5.74) is 7.61. The third-order valence-corrected chi connectivity index (χ3v) is 2.23. The van der Waals surface area contributed by atoms with Gasteiger partial charge >= 0.3 is 0 Å². The zero-order valence-corrected chi connectivity index (χ0v) is 9.91. The zero-order valence-electron chi connectivity index (χ0n) is 9.91. The van der Waals surface area contributed by atoms with Gasteiger partial charge in [-0.3, -0.25) is 0 Å². The maximum Gasteiger partial charge on any atom is 0.118 e. The van der Waals surface area contributed by atoms with E-state index in [0.29, 0.717) is 12.2 Å². The van der Waals surface area contributed by atoms with Crippen LogP contribution in [0.2, 0.25) is 0 Å². The fraction of sp³-hybridized carbons (Fsp3) is 0.500. The van der Waals surface area contributed by atoms with Crippen LogP contribution in [0.3, 0.4) is 0 Å². The lowest BCUT2D eigenvalue weighted by Crippen LogP contribution is -2.34. The minimum Gasteiger partial charge on any atom is -0.508 e. The molecule has 1 aromatic carbocycles. The predicted octanol–water partition coefficient (Wildman–Crippen LogP) is 1.74. The van der Waals surface area contributed by atoms with E-state index in [0.717, 1.165) is 11.3 Å². The van der Waals surface area contributed by atoms with E-state index in [4.69, 9.17) is 5.73 Å². The average molecular weight is 208 g/mol. The molecule has 0 aromatic heterocycles. The number of nitrogens with zero attached hydrogens (tertiary/aromatic N) is 1. The van der Waals surface area contributed by atoms with Gasteiger partial charge in [0.25, 0.3) is 0 Å². The van der Waals surface area contributed by atoms with Gasteiger partial charge in [-0.15, -0.1) is 0 Å². The van der Waals surface area contributed by atoms with Gasteiger partial charge in [0.1, 0.15) is 5.75 Å². The van der Waals surface area contributed by atoms with Crippen LogP contribution in [-0.4, -0.2) is 24.7 Å². The Balaban J connectivity index is 3.01. The van der Waals surface area contributed by atoms with Gasteiger partial charge in [-0.05, 0) is 44.0 Å². The van der Waals surface area contributed by atoms with Crippen LogP contribution in [0.4, 0.5) is 5.69 Å². The lowest BCUT2D eigenvalue weighted by atomic mass is 9.95. The fourth-order valence-electron chi connectivity index (χ4n) is 1.48. The molecule has 0 aliphatic heterocycles. The second kappa shape index (κ2) is 4.11. The SMILES string of the molecule is CN(C)c1ccc(O)c(CC(C)(C)N)c1. The molecule has 0 bridgehead atoms. The molecule has 84 valence electrons. The Morgan fingerprint density at radius 3 is 2.40 bits per heavy atom. The topological polar surface area (TPSA) is 49.5 Å². The molecule has 0 aliphatic carbocycles. The molecule has 0 fully saturated rings. The maximum atomic E-state index is 9.71. The highest BCUT2D eigenvalue weighted by atomic mass is 16.3. The van der Waals surface area contributed by atoms with Crippen molar-refractivity contribution < 1.29 is 5.11 Å². The van der Waals surface area contributed by atoms with Gasteiger partial charge in [-0.1, -0.05) is 0 Å². The Kier molecular flexibility index (Phi) is 3.25. The number of nitrogens with two attached hydrogens (primary N) is 1. The van der Waals surface area contributed by atoms with Crippen molar-refractivity contribution in [3.8, 4) is 5.75 Å². The molecule has 0 saturated carbocycles. The number of aromatic hydroxyl groups is 1. The number of benzene rings is 1. The zero-order chi connectivity index (χ0) is 11.6. The molecule has 0 radical (unpaired) electrons. The Morgan fingerprint density at radius 2 is 1.93 bits per heavy atom. The van der Waals surface area contributed by atoms with Crippen molar-refractivity contribution in [3.63, 3.8) is 0 Å². The highest BCUT2D eigenvalue weighted by molar-refractivity contribution is 5.52.